The fourth-order valence-corrected chi connectivity index (χ4v) is 3.46. The molecule has 2 heterocycles. The van der Waals surface area contributed by atoms with Crippen LogP contribution in [0.4, 0.5) is 5.69 Å². The molecule has 1 amide bonds. The molecule has 0 bridgehead atoms. The van der Waals surface area contributed by atoms with E-state index in [-0.39, 0.29) is 28.5 Å². The Kier molecular flexibility index (Phi) is 3.30. The first-order valence-electron chi connectivity index (χ1n) is 6.65. The molecule has 1 aromatic carbocycles. The van der Waals surface area contributed by atoms with Gasteiger partial charge >= 0.3 is 5.97 Å². The van der Waals surface area contributed by atoms with Crippen LogP contribution in [0, 0.1) is 5.92 Å². The molecule has 20 heavy (non-hydrogen) atoms. The van der Waals surface area contributed by atoms with E-state index in [1.165, 1.54) is 0 Å². The molecule has 2 aliphatic rings. The number of rotatable bonds is 2. The molecule has 2 aliphatic heterocycles. The zero-order valence-corrected chi connectivity index (χ0v) is 11.6. The molecule has 1 aromatic rings. The average molecular weight is 295 g/mol. The van der Waals surface area contributed by atoms with E-state index < -0.39 is 5.97 Å². The summed E-state index contributed by atoms with van der Waals surface area (Å²) in [5, 5.41) is 12.5. The van der Waals surface area contributed by atoms with Gasteiger partial charge in [-0.05, 0) is 25.0 Å². The van der Waals surface area contributed by atoms with Crippen LogP contribution in [-0.2, 0) is 4.79 Å². The smallest absolute Gasteiger partial charge is 0.339 e. The topological polar surface area (TPSA) is 69.6 Å². The highest BCUT2D eigenvalue weighted by Gasteiger charge is 2.41. The lowest BCUT2D eigenvalue weighted by atomic mass is 9.90. The third kappa shape index (κ3) is 2.02. The van der Waals surface area contributed by atoms with Crippen LogP contribution in [-0.4, -0.2) is 36.1 Å². The molecule has 2 N–H and O–H groups in total. The fourth-order valence-electron chi connectivity index (χ4n) is 3.21. The maximum absolute atomic E-state index is 11.8. The molecule has 0 aromatic heterocycles. The van der Waals surface area contributed by atoms with Gasteiger partial charge < -0.3 is 15.3 Å². The quantitative estimate of drug-likeness (QED) is 0.872. The molecule has 2 saturated heterocycles. The number of carboxylic acid groups (broad SMARTS) is 1. The number of carbonyl (C=O) groups is 2. The molecule has 5 nitrogen and oxygen atoms in total. The van der Waals surface area contributed by atoms with Gasteiger partial charge in [0.2, 0.25) is 5.91 Å². The lowest BCUT2D eigenvalue weighted by Crippen LogP contribution is -2.46. The van der Waals surface area contributed by atoms with Crippen molar-refractivity contribution in [3.63, 3.8) is 0 Å². The SMILES string of the molecule is O=C(O)c1c(Cl)cccc1N1CCCC2C(=O)NCC21. The Bertz CT molecular complexity index is 576. The largest absolute Gasteiger partial charge is 0.478 e. The average Bonchev–Trinajstić information content (AvgIpc) is 2.80. The number of nitrogens with zero attached hydrogens (tertiary/aromatic N) is 1. The Morgan fingerprint density at radius 3 is 3.00 bits per heavy atom. The lowest BCUT2D eigenvalue weighted by Gasteiger charge is -2.38. The third-order valence-corrected chi connectivity index (χ3v) is 4.43. The van der Waals surface area contributed by atoms with Gasteiger partial charge in [0, 0.05) is 13.1 Å². The fraction of sp³-hybridized carbons (Fsp3) is 0.429. The molecule has 0 radical (unpaired) electrons. The van der Waals surface area contributed by atoms with Gasteiger partial charge in [-0.1, -0.05) is 17.7 Å². The third-order valence-electron chi connectivity index (χ3n) is 4.12. The van der Waals surface area contributed by atoms with E-state index in [1.807, 2.05) is 4.90 Å². The van der Waals surface area contributed by atoms with E-state index >= 15 is 0 Å². The van der Waals surface area contributed by atoms with Crippen molar-refractivity contribution in [1.82, 2.24) is 5.32 Å². The Morgan fingerprint density at radius 2 is 2.25 bits per heavy atom. The summed E-state index contributed by atoms with van der Waals surface area (Å²) in [4.78, 5) is 25.3. The summed E-state index contributed by atoms with van der Waals surface area (Å²) in [6.45, 7) is 1.31. The number of hydrogen-bond donors (Lipinski definition) is 2. The van der Waals surface area contributed by atoms with Crippen molar-refractivity contribution in [2.75, 3.05) is 18.0 Å². The molecule has 0 aliphatic carbocycles. The van der Waals surface area contributed by atoms with Crippen LogP contribution in [0.25, 0.3) is 0 Å². The predicted molar refractivity (Wildman–Crippen MR) is 75.3 cm³/mol. The highest BCUT2D eigenvalue weighted by Crippen LogP contribution is 2.35. The summed E-state index contributed by atoms with van der Waals surface area (Å²) in [6.07, 6.45) is 1.73. The van der Waals surface area contributed by atoms with Crippen molar-refractivity contribution in [2.24, 2.45) is 5.92 Å². The summed E-state index contributed by atoms with van der Waals surface area (Å²) >= 11 is 6.03. The van der Waals surface area contributed by atoms with Crippen molar-refractivity contribution < 1.29 is 14.7 Å². The second kappa shape index (κ2) is 4.98. The van der Waals surface area contributed by atoms with E-state index in [2.05, 4.69) is 5.32 Å². The molecular formula is C14H15ClN2O3. The van der Waals surface area contributed by atoms with Crippen molar-refractivity contribution >= 4 is 29.2 Å². The Labute approximate surface area is 121 Å². The molecule has 6 heteroatoms. The van der Waals surface area contributed by atoms with E-state index in [4.69, 9.17) is 11.6 Å². The Balaban J connectivity index is 2.02. The number of benzene rings is 1. The molecular weight excluding hydrogens is 280 g/mol. The molecule has 106 valence electrons. The first-order valence-corrected chi connectivity index (χ1v) is 7.03. The van der Waals surface area contributed by atoms with Gasteiger partial charge in [0.25, 0.3) is 0 Å². The first-order chi connectivity index (χ1) is 9.59. The zero-order valence-electron chi connectivity index (χ0n) is 10.8. The molecule has 2 fully saturated rings. The van der Waals surface area contributed by atoms with E-state index in [9.17, 15) is 14.7 Å². The standard InChI is InChI=1S/C14H15ClN2O3/c15-9-4-1-5-10(12(9)14(19)20)17-6-2-3-8-11(17)7-16-13(8)18/h1,4-5,8,11H,2-3,6-7H2,(H,16,18)(H,19,20). The molecule has 2 atom stereocenters. The van der Waals surface area contributed by atoms with Gasteiger partial charge in [-0.2, -0.15) is 0 Å². The van der Waals surface area contributed by atoms with Crippen molar-refractivity contribution in [3.8, 4) is 0 Å². The van der Waals surface area contributed by atoms with Gasteiger partial charge in [-0.25, -0.2) is 4.79 Å². The van der Waals surface area contributed by atoms with Gasteiger partial charge in [-0.3, -0.25) is 4.79 Å². The van der Waals surface area contributed by atoms with Crippen molar-refractivity contribution in [2.45, 2.75) is 18.9 Å². The van der Waals surface area contributed by atoms with Crippen LogP contribution in [0.2, 0.25) is 5.02 Å². The normalized spacial score (nSPS) is 25.2. The number of carbonyl (C=O) groups excluding carboxylic acids is 1. The molecule has 3 rings (SSSR count). The summed E-state index contributed by atoms with van der Waals surface area (Å²) < 4.78 is 0. The van der Waals surface area contributed by atoms with Crippen LogP contribution in [0.15, 0.2) is 18.2 Å². The highest BCUT2D eigenvalue weighted by molar-refractivity contribution is 6.34. The van der Waals surface area contributed by atoms with Crippen molar-refractivity contribution in [1.29, 1.82) is 0 Å². The van der Waals surface area contributed by atoms with E-state index in [0.29, 0.717) is 12.2 Å². The van der Waals surface area contributed by atoms with Crippen LogP contribution in [0.1, 0.15) is 23.2 Å². The van der Waals surface area contributed by atoms with Gasteiger partial charge in [-0.15, -0.1) is 0 Å². The Morgan fingerprint density at radius 1 is 1.45 bits per heavy atom. The maximum Gasteiger partial charge on any atom is 0.339 e. The second-order valence-electron chi connectivity index (χ2n) is 5.19. The zero-order chi connectivity index (χ0) is 14.3. The minimum absolute atomic E-state index is 0.0211. The van der Waals surface area contributed by atoms with E-state index in [0.717, 1.165) is 19.4 Å². The molecule has 2 unspecified atom stereocenters. The van der Waals surface area contributed by atoms with Crippen LogP contribution >= 0.6 is 11.6 Å². The number of fused-ring (bicyclic) bond motifs is 1. The number of anilines is 1. The van der Waals surface area contributed by atoms with Gasteiger partial charge in [0.15, 0.2) is 0 Å². The lowest BCUT2D eigenvalue weighted by molar-refractivity contribution is -0.122. The summed E-state index contributed by atoms with van der Waals surface area (Å²) in [5.41, 5.74) is 0.727. The van der Waals surface area contributed by atoms with E-state index in [1.54, 1.807) is 18.2 Å². The predicted octanol–water partition coefficient (Wildman–Crippen LogP) is 1.75. The van der Waals surface area contributed by atoms with Crippen LogP contribution in [0.3, 0.4) is 0 Å². The maximum atomic E-state index is 11.8. The summed E-state index contributed by atoms with van der Waals surface area (Å²) in [7, 11) is 0. The first kappa shape index (κ1) is 13.2. The number of piperidine rings is 1. The van der Waals surface area contributed by atoms with Crippen molar-refractivity contribution in [3.05, 3.63) is 28.8 Å². The number of amides is 1. The molecule has 0 saturated carbocycles. The Hall–Kier alpha value is -1.75. The minimum Gasteiger partial charge on any atom is -0.478 e. The highest BCUT2D eigenvalue weighted by atomic mass is 35.5. The minimum atomic E-state index is -1.04. The monoisotopic (exact) mass is 294 g/mol. The van der Waals surface area contributed by atoms with Gasteiger partial charge in [0.1, 0.15) is 5.56 Å². The summed E-state index contributed by atoms with van der Waals surface area (Å²) in [5.74, 6) is -1.02. The molecule has 0 spiro atoms. The number of hydrogen-bond acceptors (Lipinski definition) is 3. The number of carboxylic acids is 1. The number of nitrogens with one attached hydrogen (secondary N) is 1. The number of halogens is 1. The van der Waals surface area contributed by atoms with Crippen LogP contribution < -0.4 is 10.2 Å². The van der Waals surface area contributed by atoms with Crippen LogP contribution in [0.5, 0.6) is 0 Å². The summed E-state index contributed by atoms with van der Waals surface area (Å²) in [6, 6.07) is 5.11. The second-order valence-corrected chi connectivity index (χ2v) is 5.60. The number of aromatic carboxylic acids is 1. The van der Waals surface area contributed by atoms with Gasteiger partial charge in [0.05, 0.1) is 22.7 Å².